The largest absolute Gasteiger partial charge is 0.373 e. The second-order valence-corrected chi connectivity index (χ2v) is 8.35. The van der Waals surface area contributed by atoms with E-state index in [0.29, 0.717) is 38.3 Å². The van der Waals surface area contributed by atoms with Gasteiger partial charge < -0.3 is 10.1 Å². The molecule has 0 radical (unpaired) electrons. The van der Waals surface area contributed by atoms with E-state index in [1.54, 1.807) is 12.1 Å². The maximum absolute atomic E-state index is 13.6. The number of rotatable bonds is 3. The molecule has 3 unspecified atom stereocenters. The zero-order valence-corrected chi connectivity index (χ0v) is 16.0. The van der Waals surface area contributed by atoms with Crippen molar-refractivity contribution in [3.05, 3.63) is 35.6 Å². The van der Waals surface area contributed by atoms with Gasteiger partial charge in [-0.1, -0.05) is 12.1 Å². The van der Waals surface area contributed by atoms with Crippen LogP contribution in [0.5, 0.6) is 0 Å². The summed E-state index contributed by atoms with van der Waals surface area (Å²) in [4.78, 5) is 0. The highest BCUT2D eigenvalue weighted by atomic mass is 35.5. The Morgan fingerprint density at radius 2 is 1.92 bits per heavy atom. The number of hydrogen-bond donors (Lipinski definition) is 1. The molecule has 0 aromatic heterocycles. The minimum atomic E-state index is -3.64. The van der Waals surface area contributed by atoms with Crippen LogP contribution in [-0.2, 0) is 14.9 Å². The van der Waals surface area contributed by atoms with Crippen molar-refractivity contribution in [3.8, 4) is 0 Å². The second kappa shape index (κ2) is 8.28. The first-order valence-corrected chi connectivity index (χ1v) is 9.66. The maximum Gasteiger partial charge on any atom is 0.282 e. The molecule has 2 fully saturated rings. The molecule has 142 valence electrons. The number of halogens is 2. The van der Waals surface area contributed by atoms with E-state index in [9.17, 15) is 12.8 Å². The summed E-state index contributed by atoms with van der Waals surface area (Å²) in [6.45, 7) is 5.85. The van der Waals surface area contributed by atoms with Crippen LogP contribution in [0.4, 0.5) is 4.39 Å². The summed E-state index contributed by atoms with van der Waals surface area (Å²) >= 11 is 0. The van der Waals surface area contributed by atoms with E-state index >= 15 is 0 Å². The van der Waals surface area contributed by atoms with Crippen molar-refractivity contribution >= 4 is 22.6 Å². The van der Waals surface area contributed by atoms with E-state index in [4.69, 9.17) is 4.74 Å². The van der Waals surface area contributed by atoms with Gasteiger partial charge in [-0.05, 0) is 31.5 Å². The first-order chi connectivity index (χ1) is 11.4. The fourth-order valence-electron chi connectivity index (χ4n) is 3.43. The topological polar surface area (TPSA) is 61.9 Å². The molecule has 0 spiro atoms. The normalized spacial score (nSPS) is 29.2. The Balaban J connectivity index is 0.00000225. The number of piperazine rings is 1. The molecular formula is C16H25ClFN3O3S. The lowest BCUT2D eigenvalue weighted by Gasteiger charge is -2.41. The Morgan fingerprint density at radius 1 is 1.24 bits per heavy atom. The number of hydrogen-bond acceptors (Lipinski definition) is 4. The van der Waals surface area contributed by atoms with Gasteiger partial charge in [0.2, 0.25) is 0 Å². The molecule has 2 aliphatic heterocycles. The van der Waals surface area contributed by atoms with Gasteiger partial charge in [0.15, 0.2) is 0 Å². The second-order valence-electron chi connectivity index (χ2n) is 6.47. The fourth-order valence-corrected chi connectivity index (χ4v) is 5.36. The van der Waals surface area contributed by atoms with Gasteiger partial charge >= 0.3 is 0 Å². The molecule has 0 saturated carbocycles. The van der Waals surface area contributed by atoms with E-state index in [2.05, 4.69) is 5.32 Å². The van der Waals surface area contributed by atoms with Gasteiger partial charge in [0, 0.05) is 32.7 Å². The van der Waals surface area contributed by atoms with Crippen LogP contribution in [0.2, 0.25) is 0 Å². The van der Waals surface area contributed by atoms with E-state index in [1.165, 1.54) is 20.7 Å². The molecule has 6 nitrogen and oxygen atoms in total. The van der Waals surface area contributed by atoms with Crippen LogP contribution in [0, 0.1) is 5.82 Å². The van der Waals surface area contributed by atoms with Crippen molar-refractivity contribution in [2.75, 3.05) is 32.7 Å². The monoisotopic (exact) mass is 393 g/mol. The molecule has 2 saturated heterocycles. The Morgan fingerprint density at radius 3 is 2.56 bits per heavy atom. The van der Waals surface area contributed by atoms with Crippen LogP contribution in [0.1, 0.15) is 25.5 Å². The zero-order chi connectivity index (χ0) is 17.3. The summed E-state index contributed by atoms with van der Waals surface area (Å²) in [5.41, 5.74) is 0.667. The SMILES string of the molecule is CC1CN(S(=O)(=O)N2CCNCC2c2cccc(F)c2)CC(C)O1.Cl. The average Bonchev–Trinajstić information content (AvgIpc) is 2.54. The summed E-state index contributed by atoms with van der Waals surface area (Å²) < 4.78 is 48.6. The zero-order valence-electron chi connectivity index (χ0n) is 14.4. The molecule has 1 N–H and O–H groups in total. The van der Waals surface area contributed by atoms with E-state index < -0.39 is 16.3 Å². The quantitative estimate of drug-likeness (QED) is 0.846. The number of nitrogens with one attached hydrogen (secondary N) is 1. The van der Waals surface area contributed by atoms with E-state index in [0.717, 1.165) is 0 Å². The summed E-state index contributed by atoms with van der Waals surface area (Å²) in [6, 6.07) is 5.75. The average molecular weight is 394 g/mol. The van der Waals surface area contributed by atoms with E-state index in [1.807, 2.05) is 13.8 Å². The summed E-state index contributed by atoms with van der Waals surface area (Å²) in [7, 11) is -3.64. The van der Waals surface area contributed by atoms with Gasteiger partial charge in [-0.2, -0.15) is 17.0 Å². The van der Waals surface area contributed by atoms with Gasteiger partial charge in [-0.15, -0.1) is 12.4 Å². The van der Waals surface area contributed by atoms with Crippen molar-refractivity contribution in [1.29, 1.82) is 0 Å². The number of ether oxygens (including phenoxy) is 1. The van der Waals surface area contributed by atoms with Crippen molar-refractivity contribution < 1.29 is 17.5 Å². The minimum absolute atomic E-state index is 0. The Labute approximate surface area is 154 Å². The van der Waals surface area contributed by atoms with Gasteiger partial charge in [0.1, 0.15) is 5.82 Å². The van der Waals surface area contributed by atoms with Crippen LogP contribution in [0.25, 0.3) is 0 Å². The first kappa shape index (κ1) is 20.5. The predicted molar refractivity (Wildman–Crippen MR) is 96.5 cm³/mol. The van der Waals surface area contributed by atoms with Crippen LogP contribution >= 0.6 is 12.4 Å². The highest BCUT2D eigenvalue weighted by Crippen LogP contribution is 2.28. The molecule has 0 bridgehead atoms. The van der Waals surface area contributed by atoms with Crippen LogP contribution in [-0.4, -0.2) is 62.0 Å². The van der Waals surface area contributed by atoms with Gasteiger partial charge in [-0.3, -0.25) is 0 Å². The number of benzene rings is 1. The standard InChI is InChI=1S/C16H24FN3O3S.ClH/c1-12-10-19(11-13(2)23-12)24(21,22)20-7-6-18-9-16(20)14-4-3-5-15(17)8-14;/h3-5,8,12-13,16,18H,6-7,9-11H2,1-2H3;1H. The molecule has 2 aliphatic rings. The number of nitrogens with zero attached hydrogens (tertiary/aromatic N) is 2. The van der Waals surface area contributed by atoms with Gasteiger partial charge in [-0.25, -0.2) is 4.39 Å². The lowest BCUT2D eigenvalue weighted by molar-refractivity contribution is -0.0459. The Hall–Kier alpha value is -0.770. The lowest BCUT2D eigenvalue weighted by atomic mass is 10.1. The van der Waals surface area contributed by atoms with Crippen molar-refractivity contribution in [2.24, 2.45) is 0 Å². The maximum atomic E-state index is 13.6. The van der Waals surface area contributed by atoms with E-state index in [-0.39, 0.29) is 30.4 Å². The third-order valence-corrected chi connectivity index (χ3v) is 6.42. The third kappa shape index (κ3) is 4.50. The molecule has 3 atom stereocenters. The summed E-state index contributed by atoms with van der Waals surface area (Å²) in [5, 5.41) is 3.20. The molecule has 3 rings (SSSR count). The van der Waals surface area contributed by atoms with Crippen LogP contribution in [0.3, 0.4) is 0 Å². The van der Waals surface area contributed by atoms with Crippen LogP contribution < -0.4 is 5.32 Å². The lowest BCUT2D eigenvalue weighted by Crippen LogP contribution is -2.57. The molecular weight excluding hydrogens is 369 g/mol. The van der Waals surface area contributed by atoms with Crippen molar-refractivity contribution in [3.63, 3.8) is 0 Å². The van der Waals surface area contributed by atoms with Gasteiger partial charge in [0.25, 0.3) is 10.2 Å². The number of morpholine rings is 1. The molecule has 1 aromatic carbocycles. The summed E-state index contributed by atoms with van der Waals surface area (Å²) in [5.74, 6) is -0.357. The fraction of sp³-hybridized carbons (Fsp3) is 0.625. The minimum Gasteiger partial charge on any atom is -0.373 e. The highest BCUT2D eigenvalue weighted by molar-refractivity contribution is 7.86. The predicted octanol–water partition coefficient (Wildman–Crippen LogP) is 1.55. The molecule has 2 heterocycles. The molecule has 1 aromatic rings. The Bertz CT molecular complexity index is 681. The third-order valence-electron chi connectivity index (χ3n) is 4.44. The van der Waals surface area contributed by atoms with Crippen molar-refractivity contribution in [1.82, 2.24) is 13.9 Å². The van der Waals surface area contributed by atoms with Crippen LogP contribution in [0.15, 0.2) is 24.3 Å². The van der Waals surface area contributed by atoms with Crippen molar-refractivity contribution in [2.45, 2.75) is 32.1 Å². The Kier molecular flexibility index (Phi) is 6.80. The smallest absolute Gasteiger partial charge is 0.282 e. The first-order valence-electron chi connectivity index (χ1n) is 8.26. The molecule has 9 heteroatoms. The molecule has 0 amide bonds. The highest BCUT2D eigenvalue weighted by Gasteiger charge is 2.40. The molecule has 25 heavy (non-hydrogen) atoms. The molecule has 0 aliphatic carbocycles. The summed E-state index contributed by atoms with van der Waals surface area (Å²) in [6.07, 6.45) is -0.280. The van der Waals surface area contributed by atoms with Gasteiger partial charge in [0.05, 0.1) is 18.2 Å².